The molecule has 0 aliphatic heterocycles. The van der Waals surface area contributed by atoms with Crippen LogP contribution >= 0.6 is 0 Å². The minimum atomic E-state index is -0.964. The van der Waals surface area contributed by atoms with E-state index in [1.54, 1.807) is 0 Å². The fourth-order valence-electron chi connectivity index (χ4n) is 2.71. The zero-order valence-electron chi connectivity index (χ0n) is 12.6. The lowest BCUT2D eigenvalue weighted by Gasteiger charge is -2.22. The van der Waals surface area contributed by atoms with Crippen molar-refractivity contribution in [2.75, 3.05) is 6.54 Å². The normalized spacial score (nSPS) is 22.6. The molecule has 0 bridgehead atoms. The first kappa shape index (κ1) is 15.4. The van der Waals surface area contributed by atoms with Crippen LogP contribution in [0.5, 0.6) is 11.5 Å². The van der Waals surface area contributed by atoms with E-state index >= 15 is 0 Å². The lowest BCUT2D eigenvalue weighted by Crippen LogP contribution is -2.35. The molecule has 120 valence electrons. The van der Waals surface area contributed by atoms with Crippen LogP contribution in [0.25, 0.3) is 0 Å². The molecule has 1 saturated carbocycles. The largest absolute Gasteiger partial charge is 0.481 e. The van der Waals surface area contributed by atoms with Gasteiger partial charge in [-0.3, -0.25) is 4.79 Å². The highest BCUT2D eigenvalue weighted by molar-refractivity contribution is 5.79. The van der Waals surface area contributed by atoms with Gasteiger partial charge in [0, 0.05) is 6.54 Å². The summed E-state index contributed by atoms with van der Waals surface area (Å²) in [6.45, 7) is 0.0692. The van der Waals surface area contributed by atoms with Gasteiger partial charge in [-0.2, -0.15) is 0 Å². The van der Waals surface area contributed by atoms with Gasteiger partial charge < -0.3 is 20.3 Å². The smallest absolute Gasteiger partial charge is 0.311 e. The van der Waals surface area contributed by atoms with E-state index in [1.807, 2.05) is 60.7 Å². The van der Waals surface area contributed by atoms with Gasteiger partial charge in [-0.05, 0) is 30.7 Å². The van der Waals surface area contributed by atoms with E-state index in [0.29, 0.717) is 17.9 Å². The Labute approximate surface area is 134 Å². The molecule has 2 unspecified atom stereocenters. The van der Waals surface area contributed by atoms with Gasteiger partial charge in [0.25, 0.3) is 0 Å². The summed E-state index contributed by atoms with van der Waals surface area (Å²) in [7, 11) is 0. The summed E-state index contributed by atoms with van der Waals surface area (Å²) in [5.41, 5.74) is 4.73. The lowest BCUT2D eigenvalue weighted by atomic mass is 10.0. The van der Waals surface area contributed by atoms with Crippen molar-refractivity contribution in [3.05, 3.63) is 60.7 Å². The van der Waals surface area contributed by atoms with Crippen LogP contribution in [0.15, 0.2) is 60.7 Å². The van der Waals surface area contributed by atoms with Gasteiger partial charge in [0.05, 0.1) is 11.3 Å². The molecular formula is C18H19NO4. The molecule has 2 aromatic carbocycles. The van der Waals surface area contributed by atoms with E-state index in [4.69, 9.17) is 15.2 Å². The number of ether oxygens (including phenoxy) is 2. The molecule has 0 radical (unpaired) electrons. The summed E-state index contributed by atoms with van der Waals surface area (Å²) in [5.74, 6) is 0.0852. The molecule has 3 N–H and O–H groups in total. The molecule has 1 aliphatic carbocycles. The molecule has 0 aromatic heterocycles. The van der Waals surface area contributed by atoms with Crippen molar-refractivity contribution in [3.63, 3.8) is 0 Å². The summed E-state index contributed by atoms with van der Waals surface area (Å²) in [4.78, 5) is 11.5. The first-order valence-corrected chi connectivity index (χ1v) is 7.52. The van der Waals surface area contributed by atoms with Crippen molar-refractivity contribution in [2.24, 2.45) is 17.1 Å². The second kappa shape index (κ2) is 6.30. The van der Waals surface area contributed by atoms with Gasteiger partial charge in [-0.15, -0.1) is 0 Å². The average Bonchev–Trinajstić information content (AvgIpc) is 3.32. The standard InChI is InChI=1S/C18H19NO4/c19-12-18(17(20)21)11-15(18)16(22-13-7-3-1-4-8-13)23-14-9-5-2-6-10-14/h1-10,15-16H,11-12,19H2,(H,20,21). The molecular weight excluding hydrogens is 294 g/mol. The minimum Gasteiger partial charge on any atom is -0.481 e. The SMILES string of the molecule is NCC1(C(=O)O)CC1C(Oc1ccccc1)Oc1ccccc1. The Balaban J connectivity index is 1.81. The Morgan fingerprint density at radius 3 is 1.91 bits per heavy atom. The Bertz CT molecular complexity index is 620. The Morgan fingerprint density at radius 1 is 1.09 bits per heavy atom. The summed E-state index contributed by atoms with van der Waals surface area (Å²) in [6, 6.07) is 18.5. The topological polar surface area (TPSA) is 81.8 Å². The van der Waals surface area contributed by atoms with Crippen LogP contribution in [0.2, 0.25) is 0 Å². The van der Waals surface area contributed by atoms with Gasteiger partial charge in [0.1, 0.15) is 11.5 Å². The number of para-hydroxylation sites is 2. The zero-order valence-corrected chi connectivity index (χ0v) is 12.6. The van der Waals surface area contributed by atoms with E-state index in [1.165, 1.54) is 0 Å². The van der Waals surface area contributed by atoms with Crippen molar-refractivity contribution >= 4 is 5.97 Å². The number of hydrogen-bond acceptors (Lipinski definition) is 4. The van der Waals surface area contributed by atoms with E-state index < -0.39 is 17.7 Å². The Kier molecular flexibility index (Phi) is 4.21. The molecule has 1 fully saturated rings. The van der Waals surface area contributed by atoms with Crippen molar-refractivity contribution in [3.8, 4) is 11.5 Å². The number of carboxylic acid groups (broad SMARTS) is 1. The predicted molar refractivity (Wildman–Crippen MR) is 85.2 cm³/mol. The van der Waals surface area contributed by atoms with Crippen LogP contribution in [0.4, 0.5) is 0 Å². The molecule has 23 heavy (non-hydrogen) atoms. The van der Waals surface area contributed by atoms with Crippen molar-refractivity contribution < 1.29 is 19.4 Å². The first-order chi connectivity index (χ1) is 11.2. The van der Waals surface area contributed by atoms with E-state index in [-0.39, 0.29) is 12.5 Å². The highest BCUT2D eigenvalue weighted by atomic mass is 16.7. The second-order valence-corrected chi connectivity index (χ2v) is 5.71. The molecule has 2 atom stereocenters. The van der Waals surface area contributed by atoms with Crippen LogP contribution in [0.1, 0.15) is 6.42 Å². The highest BCUT2D eigenvalue weighted by Crippen LogP contribution is 2.54. The summed E-state index contributed by atoms with van der Waals surface area (Å²) >= 11 is 0. The maximum Gasteiger partial charge on any atom is 0.311 e. The molecule has 3 rings (SSSR count). The summed E-state index contributed by atoms with van der Waals surface area (Å²) in [6.07, 6.45) is -0.247. The second-order valence-electron chi connectivity index (χ2n) is 5.71. The van der Waals surface area contributed by atoms with Gasteiger partial charge in [-0.1, -0.05) is 36.4 Å². The quantitative estimate of drug-likeness (QED) is 0.768. The number of rotatable bonds is 7. The molecule has 0 spiro atoms. The lowest BCUT2D eigenvalue weighted by molar-refractivity contribution is -0.145. The fraction of sp³-hybridized carbons (Fsp3) is 0.278. The monoisotopic (exact) mass is 313 g/mol. The van der Waals surface area contributed by atoms with Crippen LogP contribution in [0, 0.1) is 11.3 Å². The average molecular weight is 313 g/mol. The van der Waals surface area contributed by atoms with Crippen LogP contribution in [0.3, 0.4) is 0 Å². The van der Waals surface area contributed by atoms with Crippen LogP contribution in [-0.2, 0) is 4.79 Å². The Morgan fingerprint density at radius 2 is 1.57 bits per heavy atom. The number of carbonyl (C=O) groups is 1. The zero-order chi connectivity index (χ0) is 16.3. The first-order valence-electron chi connectivity index (χ1n) is 7.52. The number of benzene rings is 2. The molecule has 0 saturated heterocycles. The van der Waals surface area contributed by atoms with Crippen LogP contribution in [-0.4, -0.2) is 23.9 Å². The summed E-state index contributed by atoms with van der Waals surface area (Å²) < 4.78 is 11.8. The number of carboxylic acids is 1. The molecule has 2 aromatic rings. The van der Waals surface area contributed by atoms with Crippen molar-refractivity contribution in [1.82, 2.24) is 0 Å². The number of nitrogens with two attached hydrogens (primary N) is 1. The van der Waals surface area contributed by atoms with E-state index in [0.717, 1.165) is 0 Å². The molecule has 5 heteroatoms. The third kappa shape index (κ3) is 3.14. The molecule has 1 aliphatic rings. The van der Waals surface area contributed by atoms with Crippen molar-refractivity contribution in [1.29, 1.82) is 0 Å². The fourth-order valence-corrected chi connectivity index (χ4v) is 2.71. The van der Waals surface area contributed by atoms with Gasteiger partial charge in [0.15, 0.2) is 0 Å². The predicted octanol–water partition coefficient (Wildman–Crippen LogP) is 2.52. The number of aliphatic carboxylic acids is 1. The maximum absolute atomic E-state index is 11.5. The molecule has 5 nitrogen and oxygen atoms in total. The minimum absolute atomic E-state index is 0.0692. The van der Waals surface area contributed by atoms with Crippen LogP contribution < -0.4 is 15.2 Å². The van der Waals surface area contributed by atoms with E-state index in [2.05, 4.69) is 0 Å². The van der Waals surface area contributed by atoms with E-state index in [9.17, 15) is 9.90 Å². The Hall–Kier alpha value is -2.53. The highest BCUT2D eigenvalue weighted by Gasteiger charge is 2.64. The number of hydrogen-bond donors (Lipinski definition) is 2. The van der Waals surface area contributed by atoms with Crippen molar-refractivity contribution in [2.45, 2.75) is 12.7 Å². The third-order valence-electron chi connectivity index (χ3n) is 4.24. The summed E-state index contributed by atoms with van der Waals surface area (Å²) in [5, 5.41) is 9.46. The third-order valence-corrected chi connectivity index (χ3v) is 4.24. The van der Waals surface area contributed by atoms with Gasteiger partial charge >= 0.3 is 5.97 Å². The van der Waals surface area contributed by atoms with Gasteiger partial charge in [-0.25, -0.2) is 0 Å². The van der Waals surface area contributed by atoms with Gasteiger partial charge in [0.2, 0.25) is 6.29 Å². The molecule has 0 amide bonds. The maximum atomic E-state index is 11.5. The molecule has 0 heterocycles.